The van der Waals surface area contributed by atoms with Crippen LogP contribution >= 0.6 is 0 Å². The van der Waals surface area contributed by atoms with Crippen LogP contribution in [0.25, 0.3) is 16.5 Å². The van der Waals surface area contributed by atoms with Crippen molar-refractivity contribution in [2.45, 2.75) is 6.54 Å². The Morgan fingerprint density at radius 2 is 1.77 bits per heavy atom. The monoisotopic (exact) mass is 400 g/mol. The molecule has 0 atom stereocenters. The van der Waals surface area contributed by atoms with E-state index >= 15 is 4.39 Å². The summed E-state index contributed by atoms with van der Waals surface area (Å²) in [6.45, 7) is 2.16. The first-order valence-electron chi connectivity index (χ1n) is 9.93. The van der Waals surface area contributed by atoms with E-state index < -0.39 is 0 Å². The van der Waals surface area contributed by atoms with Gasteiger partial charge in [-0.3, -0.25) is 4.79 Å². The molecule has 3 aromatic carbocycles. The molecule has 0 unspecified atom stereocenters. The van der Waals surface area contributed by atoms with Gasteiger partial charge in [0.25, 0.3) is 5.56 Å². The Kier molecular flexibility index (Phi) is 4.56. The number of aromatic nitrogens is 2. The van der Waals surface area contributed by atoms with E-state index in [4.69, 9.17) is 0 Å². The van der Waals surface area contributed by atoms with Gasteiger partial charge in [-0.05, 0) is 48.3 Å². The zero-order chi connectivity index (χ0) is 20.7. The molecule has 150 valence electrons. The van der Waals surface area contributed by atoms with Gasteiger partial charge in [-0.2, -0.15) is 9.78 Å². The Bertz CT molecular complexity index is 1300. The summed E-state index contributed by atoms with van der Waals surface area (Å²) in [7, 11) is 2.05. The molecule has 0 aliphatic carbocycles. The van der Waals surface area contributed by atoms with Gasteiger partial charge in [0.15, 0.2) is 5.82 Å². The summed E-state index contributed by atoms with van der Waals surface area (Å²) in [4.78, 5) is 16.4. The Morgan fingerprint density at radius 1 is 0.933 bits per heavy atom. The first-order chi connectivity index (χ1) is 14.6. The lowest BCUT2D eigenvalue weighted by atomic mass is 10.1. The summed E-state index contributed by atoms with van der Waals surface area (Å²) in [5.74, 6) is -0.214. The van der Waals surface area contributed by atoms with E-state index in [-0.39, 0.29) is 11.4 Å². The number of halogens is 1. The fourth-order valence-corrected chi connectivity index (χ4v) is 4.09. The summed E-state index contributed by atoms with van der Waals surface area (Å²) >= 11 is 0. The fraction of sp³-hybridized carbons (Fsp3) is 0.167. The second kappa shape index (κ2) is 7.39. The molecule has 30 heavy (non-hydrogen) atoms. The molecule has 0 bridgehead atoms. The fourth-order valence-electron chi connectivity index (χ4n) is 4.09. The number of rotatable bonds is 2. The topological polar surface area (TPSA) is 41.4 Å². The molecule has 0 fully saturated rings. The maximum absolute atomic E-state index is 15.5. The van der Waals surface area contributed by atoms with E-state index in [2.05, 4.69) is 10.00 Å². The van der Waals surface area contributed by atoms with Gasteiger partial charge in [0.1, 0.15) is 0 Å². The molecular weight excluding hydrogens is 379 g/mol. The molecule has 6 heteroatoms. The van der Waals surface area contributed by atoms with E-state index in [1.54, 1.807) is 12.3 Å². The van der Waals surface area contributed by atoms with E-state index in [1.807, 2.05) is 66.5 Å². The summed E-state index contributed by atoms with van der Waals surface area (Å²) in [5.41, 5.74) is 3.05. The normalized spacial score (nSPS) is 14.5. The molecule has 0 N–H and O–H groups in total. The maximum atomic E-state index is 15.5. The predicted octanol–water partition coefficient (Wildman–Crippen LogP) is 4.11. The zero-order valence-corrected chi connectivity index (χ0v) is 16.6. The van der Waals surface area contributed by atoms with Crippen molar-refractivity contribution in [1.29, 1.82) is 0 Å². The molecule has 1 aromatic heterocycles. The molecule has 0 amide bonds. The minimum atomic E-state index is -0.214. The first kappa shape index (κ1) is 18.5. The number of anilines is 2. The highest BCUT2D eigenvalue weighted by molar-refractivity contribution is 5.88. The first-order valence-corrected chi connectivity index (χ1v) is 9.93. The highest BCUT2D eigenvalue weighted by atomic mass is 19.1. The maximum Gasteiger partial charge on any atom is 0.271 e. The third kappa shape index (κ3) is 3.15. The Morgan fingerprint density at radius 3 is 2.63 bits per heavy atom. The smallest absolute Gasteiger partial charge is 0.271 e. The zero-order valence-electron chi connectivity index (χ0n) is 16.6. The van der Waals surface area contributed by atoms with Gasteiger partial charge in [0.05, 0.1) is 11.4 Å². The Hall–Kier alpha value is -3.51. The van der Waals surface area contributed by atoms with Crippen LogP contribution in [0.3, 0.4) is 0 Å². The summed E-state index contributed by atoms with van der Waals surface area (Å²) in [6, 6.07) is 20.2. The minimum Gasteiger partial charge on any atom is -0.338 e. The quantitative estimate of drug-likeness (QED) is 0.508. The second-order valence-electron chi connectivity index (χ2n) is 7.60. The summed E-state index contributed by atoms with van der Waals surface area (Å²) in [5, 5.41) is 5.68. The number of likely N-dealkylation sites (N-methyl/N-ethyl adjacent to an activating group) is 1. The van der Waals surface area contributed by atoms with Crippen LogP contribution in [0.4, 0.5) is 15.8 Å². The van der Waals surface area contributed by atoms with Crippen LogP contribution in [0, 0.1) is 5.82 Å². The van der Waals surface area contributed by atoms with Crippen LogP contribution in [0.1, 0.15) is 5.56 Å². The summed E-state index contributed by atoms with van der Waals surface area (Å²) in [6.07, 6.45) is 1.59. The minimum absolute atomic E-state index is 0.183. The van der Waals surface area contributed by atoms with Crippen LogP contribution in [0.15, 0.2) is 77.7 Å². The third-order valence-corrected chi connectivity index (χ3v) is 5.59. The standard InChI is InChI=1S/C24H21FN4O/c1-27-13-14-28(22-10-8-17-5-2-3-6-20(17)24(22)25)21-11-9-19(15-18(21)16-27)29-23(30)7-4-12-26-29/h2-12,15H,13-14,16H2,1H3. The van der Waals surface area contributed by atoms with Gasteiger partial charge in [0.2, 0.25) is 0 Å². The van der Waals surface area contributed by atoms with Crippen LogP contribution in [0.5, 0.6) is 0 Å². The van der Waals surface area contributed by atoms with Crippen molar-refractivity contribution in [3.8, 4) is 5.69 Å². The van der Waals surface area contributed by atoms with Crippen molar-refractivity contribution < 1.29 is 4.39 Å². The van der Waals surface area contributed by atoms with Gasteiger partial charge in [-0.1, -0.05) is 30.3 Å². The highest BCUT2D eigenvalue weighted by Crippen LogP contribution is 2.36. The lowest BCUT2D eigenvalue weighted by Crippen LogP contribution is -2.26. The van der Waals surface area contributed by atoms with Crippen molar-refractivity contribution >= 4 is 22.1 Å². The van der Waals surface area contributed by atoms with Crippen LogP contribution in [0.2, 0.25) is 0 Å². The molecule has 0 spiro atoms. The molecule has 0 radical (unpaired) electrons. The molecule has 2 heterocycles. The van der Waals surface area contributed by atoms with E-state index in [1.165, 1.54) is 10.7 Å². The number of hydrogen-bond donors (Lipinski definition) is 0. The predicted molar refractivity (Wildman–Crippen MR) is 117 cm³/mol. The molecule has 5 rings (SSSR count). The van der Waals surface area contributed by atoms with E-state index in [9.17, 15) is 4.79 Å². The van der Waals surface area contributed by atoms with Crippen LogP contribution in [-0.4, -0.2) is 34.8 Å². The van der Waals surface area contributed by atoms with Crippen molar-refractivity contribution in [2.24, 2.45) is 0 Å². The molecule has 0 saturated heterocycles. The van der Waals surface area contributed by atoms with Gasteiger partial charge in [-0.15, -0.1) is 0 Å². The van der Waals surface area contributed by atoms with E-state index in [0.717, 1.165) is 23.2 Å². The SMILES string of the molecule is CN1CCN(c2ccc3ccccc3c2F)c2ccc(-n3ncccc3=O)cc2C1. The lowest BCUT2D eigenvalue weighted by molar-refractivity contribution is 0.343. The Balaban J connectivity index is 1.65. The molecule has 0 saturated carbocycles. The molecule has 1 aliphatic heterocycles. The van der Waals surface area contributed by atoms with Crippen LogP contribution < -0.4 is 10.5 Å². The number of hydrogen-bond acceptors (Lipinski definition) is 4. The average molecular weight is 400 g/mol. The van der Waals surface area contributed by atoms with Gasteiger partial charge >= 0.3 is 0 Å². The van der Waals surface area contributed by atoms with Crippen molar-refractivity contribution in [2.75, 3.05) is 25.0 Å². The average Bonchev–Trinajstić information content (AvgIpc) is 2.92. The number of nitrogens with zero attached hydrogens (tertiary/aromatic N) is 4. The van der Waals surface area contributed by atoms with Gasteiger partial charge in [-0.25, -0.2) is 4.39 Å². The second-order valence-corrected chi connectivity index (χ2v) is 7.60. The van der Waals surface area contributed by atoms with Gasteiger partial charge < -0.3 is 9.80 Å². The third-order valence-electron chi connectivity index (χ3n) is 5.59. The van der Waals surface area contributed by atoms with E-state index in [0.29, 0.717) is 29.9 Å². The molecular formula is C24H21FN4O. The summed E-state index contributed by atoms with van der Waals surface area (Å²) < 4.78 is 16.8. The van der Waals surface area contributed by atoms with Gasteiger partial charge in [0, 0.05) is 43.0 Å². The molecule has 5 nitrogen and oxygen atoms in total. The number of fused-ring (bicyclic) bond motifs is 2. The Labute approximate surface area is 173 Å². The van der Waals surface area contributed by atoms with Crippen molar-refractivity contribution in [3.05, 3.63) is 94.7 Å². The molecule has 4 aromatic rings. The van der Waals surface area contributed by atoms with Crippen molar-refractivity contribution in [3.63, 3.8) is 0 Å². The molecule has 1 aliphatic rings. The van der Waals surface area contributed by atoms with Crippen LogP contribution in [-0.2, 0) is 6.54 Å². The number of benzene rings is 3. The van der Waals surface area contributed by atoms with Crippen molar-refractivity contribution in [1.82, 2.24) is 14.7 Å². The lowest BCUT2D eigenvalue weighted by Gasteiger charge is -2.26. The highest BCUT2D eigenvalue weighted by Gasteiger charge is 2.23. The largest absolute Gasteiger partial charge is 0.338 e.